The summed E-state index contributed by atoms with van der Waals surface area (Å²) >= 11 is 1.84. The molecule has 0 aromatic carbocycles. The van der Waals surface area contributed by atoms with Gasteiger partial charge in [0, 0.05) is 66.9 Å². The summed E-state index contributed by atoms with van der Waals surface area (Å²) in [5.74, 6) is 3.00. The van der Waals surface area contributed by atoms with Gasteiger partial charge >= 0.3 is 0 Å². The Morgan fingerprint density at radius 1 is 0.968 bits per heavy atom. The van der Waals surface area contributed by atoms with Gasteiger partial charge in [-0.15, -0.1) is 11.3 Å². The first-order valence-electron chi connectivity index (χ1n) is 11.6. The molecule has 2 aliphatic rings. The van der Waals surface area contributed by atoms with E-state index in [1.165, 1.54) is 10.7 Å². The molecule has 31 heavy (non-hydrogen) atoms. The minimum atomic E-state index is 0.300. The maximum atomic E-state index is 4.92. The largest absolute Gasteiger partial charge is 0.369 e. The Hall–Kier alpha value is -2.28. The fourth-order valence-electron chi connectivity index (χ4n) is 4.51. The second-order valence-electron chi connectivity index (χ2n) is 8.81. The van der Waals surface area contributed by atoms with E-state index in [1.807, 2.05) is 17.5 Å². The van der Waals surface area contributed by atoms with Crippen molar-refractivity contribution < 1.29 is 0 Å². The molecule has 166 valence electrons. The van der Waals surface area contributed by atoms with Crippen LogP contribution in [0.25, 0.3) is 0 Å². The molecule has 2 N–H and O–H groups in total. The molecule has 0 spiro atoms. The van der Waals surface area contributed by atoms with Crippen molar-refractivity contribution >= 4 is 23.0 Å². The van der Waals surface area contributed by atoms with E-state index in [0.717, 1.165) is 63.1 Å². The quantitative estimate of drug-likeness (QED) is 0.688. The van der Waals surface area contributed by atoms with Crippen LogP contribution in [-0.4, -0.2) is 46.8 Å². The molecule has 2 aromatic heterocycles. The average Bonchev–Trinajstić information content (AvgIpc) is 3.02. The van der Waals surface area contributed by atoms with E-state index in [2.05, 4.69) is 52.0 Å². The van der Waals surface area contributed by atoms with Crippen molar-refractivity contribution in [3.63, 3.8) is 0 Å². The molecule has 0 saturated heterocycles. The zero-order chi connectivity index (χ0) is 21.5. The minimum absolute atomic E-state index is 0.300. The van der Waals surface area contributed by atoms with Crippen LogP contribution in [0.2, 0.25) is 0 Å². The van der Waals surface area contributed by atoms with Crippen molar-refractivity contribution in [2.45, 2.75) is 64.5 Å². The summed E-state index contributed by atoms with van der Waals surface area (Å²) in [6.45, 7) is 6.35. The van der Waals surface area contributed by atoms with Crippen LogP contribution in [0.1, 0.15) is 50.1 Å². The zero-order valence-electron chi connectivity index (χ0n) is 18.6. The fraction of sp³-hybridized carbons (Fsp3) is 0.583. The first-order valence-corrected chi connectivity index (χ1v) is 12.5. The maximum Gasteiger partial charge on any atom is 0.0998 e. The minimum Gasteiger partial charge on any atom is -0.369 e. The molecule has 0 radical (unpaired) electrons. The van der Waals surface area contributed by atoms with Crippen LogP contribution in [0.15, 0.2) is 46.1 Å². The zero-order valence-corrected chi connectivity index (χ0v) is 19.4. The lowest BCUT2D eigenvalue weighted by molar-refractivity contribution is 0.400. The van der Waals surface area contributed by atoms with E-state index in [4.69, 9.17) is 9.98 Å². The van der Waals surface area contributed by atoms with Crippen molar-refractivity contribution in [2.24, 2.45) is 21.8 Å². The molecule has 0 amide bonds. The molecule has 0 saturated carbocycles. The van der Waals surface area contributed by atoms with E-state index in [-0.39, 0.29) is 0 Å². The Morgan fingerprint density at radius 2 is 1.65 bits per heavy atom. The van der Waals surface area contributed by atoms with Gasteiger partial charge in [-0.25, -0.2) is 0 Å². The summed E-state index contributed by atoms with van der Waals surface area (Å²) < 4.78 is 0. The Balaban J connectivity index is 1.40. The van der Waals surface area contributed by atoms with E-state index in [0.29, 0.717) is 23.9 Å². The highest BCUT2D eigenvalue weighted by Gasteiger charge is 2.28. The van der Waals surface area contributed by atoms with Gasteiger partial charge in [0.1, 0.15) is 0 Å². The van der Waals surface area contributed by atoms with Crippen molar-refractivity contribution in [2.75, 3.05) is 13.1 Å². The lowest BCUT2D eigenvalue weighted by atomic mass is 9.96. The topological polar surface area (TPSA) is 74.6 Å². The fourth-order valence-corrected chi connectivity index (χ4v) is 5.34. The SMILES string of the molecule is CC(Cc1cnccn1)C1=NCCCC(C2CCCN=C(C(C)Cc3cccs3)N2)N1. The number of hydrogen-bond acceptors (Lipinski definition) is 7. The van der Waals surface area contributed by atoms with Crippen LogP contribution in [0.5, 0.6) is 0 Å². The Bertz CT molecular complexity index is 863. The van der Waals surface area contributed by atoms with Gasteiger partial charge in [0.05, 0.1) is 17.4 Å². The van der Waals surface area contributed by atoms with Gasteiger partial charge in [0.2, 0.25) is 0 Å². The monoisotopic (exact) mass is 438 g/mol. The molecule has 7 heteroatoms. The molecule has 2 aromatic rings. The summed E-state index contributed by atoms with van der Waals surface area (Å²) in [4.78, 5) is 19.9. The van der Waals surface area contributed by atoms with Crippen LogP contribution < -0.4 is 10.6 Å². The number of nitrogens with zero attached hydrogens (tertiary/aromatic N) is 4. The molecule has 4 heterocycles. The van der Waals surface area contributed by atoms with E-state index in [9.17, 15) is 0 Å². The first-order chi connectivity index (χ1) is 15.2. The number of aliphatic imine (C=N–C) groups is 2. The summed E-state index contributed by atoms with van der Waals surface area (Å²) in [6, 6.07) is 5.13. The third kappa shape index (κ3) is 6.12. The molecular weight excluding hydrogens is 404 g/mol. The molecule has 0 fully saturated rings. The number of rotatable bonds is 7. The van der Waals surface area contributed by atoms with Crippen molar-refractivity contribution in [3.05, 3.63) is 46.7 Å². The van der Waals surface area contributed by atoms with Gasteiger partial charge in [0.15, 0.2) is 0 Å². The highest BCUT2D eigenvalue weighted by molar-refractivity contribution is 7.09. The number of thiophene rings is 1. The van der Waals surface area contributed by atoms with Crippen LogP contribution in [0, 0.1) is 11.8 Å². The number of aromatic nitrogens is 2. The lowest BCUT2D eigenvalue weighted by Gasteiger charge is -2.31. The van der Waals surface area contributed by atoms with Gasteiger partial charge < -0.3 is 10.6 Å². The molecule has 0 bridgehead atoms. The molecular formula is C24H34N6S. The normalized spacial score (nSPS) is 23.9. The number of amidine groups is 2. The highest BCUT2D eigenvalue weighted by Crippen LogP contribution is 2.20. The van der Waals surface area contributed by atoms with Gasteiger partial charge in [-0.1, -0.05) is 19.9 Å². The van der Waals surface area contributed by atoms with Crippen molar-refractivity contribution in [1.29, 1.82) is 0 Å². The average molecular weight is 439 g/mol. The molecule has 6 nitrogen and oxygen atoms in total. The van der Waals surface area contributed by atoms with Gasteiger partial charge in [-0.3, -0.25) is 20.0 Å². The van der Waals surface area contributed by atoms with Crippen LogP contribution in [-0.2, 0) is 12.8 Å². The Morgan fingerprint density at radius 3 is 2.23 bits per heavy atom. The van der Waals surface area contributed by atoms with Gasteiger partial charge in [0.25, 0.3) is 0 Å². The maximum absolute atomic E-state index is 4.92. The van der Waals surface area contributed by atoms with Gasteiger partial charge in [-0.2, -0.15) is 0 Å². The Labute approximate surface area is 189 Å². The first kappa shape index (κ1) is 21.9. The van der Waals surface area contributed by atoms with Crippen LogP contribution in [0.3, 0.4) is 0 Å². The number of nitrogens with one attached hydrogen (secondary N) is 2. The molecule has 4 atom stereocenters. The van der Waals surface area contributed by atoms with Gasteiger partial charge in [-0.05, 0) is 43.6 Å². The molecule has 0 aliphatic carbocycles. The highest BCUT2D eigenvalue weighted by atomic mass is 32.1. The van der Waals surface area contributed by atoms with E-state index < -0.39 is 0 Å². The smallest absolute Gasteiger partial charge is 0.0998 e. The molecule has 4 rings (SSSR count). The van der Waals surface area contributed by atoms with Crippen molar-refractivity contribution in [3.8, 4) is 0 Å². The standard InChI is InChI=1S/C24H34N6S/c1-17(14-19-16-25-11-12-26-19)23-27-9-3-7-21(29-23)22-8-4-10-28-24(30-22)18(2)15-20-6-5-13-31-20/h5-6,11-13,16-18,21-22H,3-4,7-10,14-15H2,1-2H3,(H,27,29)(H,28,30). The third-order valence-electron chi connectivity index (χ3n) is 6.22. The summed E-state index contributed by atoms with van der Waals surface area (Å²) in [6.07, 6.45) is 11.8. The van der Waals surface area contributed by atoms with E-state index in [1.54, 1.807) is 12.4 Å². The van der Waals surface area contributed by atoms with Crippen molar-refractivity contribution in [1.82, 2.24) is 20.6 Å². The number of hydrogen-bond donors (Lipinski definition) is 2. The van der Waals surface area contributed by atoms with Crippen LogP contribution >= 0.6 is 11.3 Å². The summed E-state index contributed by atoms with van der Waals surface area (Å²) in [7, 11) is 0. The predicted molar refractivity (Wildman–Crippen MR) is 129 cm³/mol. The summed E-state index contributed by atoms with van der Waals surface area (Å²) in [5, 5.41) is 9.83. The Kier molecular flexibility index (Phi) is 7.67. The summed E-state index contributed by atoms with van der Waals surface area (Å²) in [5.41, 5.74) is 1.02. The predicted octanol–water partition coefficient (Wildman–Crippen LogP) is 3.90. The third-order valence-corrected chi connectivity index (χ3v) is 7.11. The second kappa shape index (κ2) is 10.8. The molecule has 2 aliphatic heterocycles. The van der Waals surface area contributed by atoms with E-state index >= 15 is 0 Å². The second-order valence-corrected chi connectivity index (χ2v) is 9.84. The lowest BCUT2D eigenvalue weighted by Crippen LogP contribution is -2.52. The molecule has 4 unspecified atom stereocenters. The van der Waals surface area contributed by atoms with Crippen LogP contribution in [0.4, 0.5) is 0 Å².